The molecule has 1 N–H and O–H groups in total. The Morgan fingerprint density at radius 1 is 1.14 bits per heavy atom. The van der Waals surface area contributed by atoms with Crippen molar-refractivity contribution in [3.63, 3.8) is 0 Å². The second-order valence-electron chi connectivity index (χ2n) is 4.87. The summed E-state index contributed by atoms with van der Waals surface area (Å²) in [6.07, 6.45) is 5.43. The van der Waals surface area contributed by atoms with Crippen LogP contribution in [0.1, 0.15) is 6.42 Å². The van der Waals surface area contributed by atoms with Gasteiger partial charge in [0.2, 0.25) is 0 Å². The van der Waals surface area contributed by atoms with Crippen molar-refractivity contribution in [3.8, 4) is 18.1 Å². The Kier molecular flexibility index (Phi) is 5.66. The Labute approximate surface area is 130 Å². The van der Waals surface area contributed by atoms with Gasteiger partial charge in [0, 0.05) is 26.2 Å². The van der Waals surface area contributed by atoms with Gasteiger partial charge in [-0.05, 0) is 18.6 Å². The van der Waals surface area contributed by atoms with Crippen molar-refractivity contribution in [2.75, 3.05) is 32.7 Å². The van der Waals surface area contributed by atoms with Gasteiger partial charge < -0.3 is 19.9 Å². The highest BCUT2D eigenvalue weighted by molar-refractivity contribution is 5.75. The Hall–Kier alpha value is -2.68. The lowest BCUT2D eigenvalue weighted by molar-refractivity contribution is 0.153. The molecule has 1 aromatic carbocycles. The summed E-state index contributed by atoms with van der Waals surface area (Å²) >= 11 is 0. The number of para-hydroxylation sites is 1. The standard InChI is InChI=1S/C16H19N3O3/c1-2-9-17-15(20)18-10-6-11-19(13-12-18)16(21)22-14-7-4-3-5-8-14/h1,3-5,7-8H,6,9-13H2,(H,17,20). The van der Waals surface area contributed by atoms with Crippen LogP contribution in [0.3, 0.4) is 0 Å². The monoisotopic (exact) mass is 301 g/mol. The van der Waals surface area contributed by atoms with Crippen LogP contribution < -0.4 is 10.1 Å². The van der Waals surface area contributed by atoms with Crippen molar-refractivity contribution in [1.29, 1.82) is 0 Å². The van der Waals surface area contributed by atoms with Gasteiger partial charge in [0.15, 0.2) is 0 Å². The lowest BCUT2D eigenvalue weighted by Crippen LogP contribution is -2.43. The largest absolute Gasteiger partial charge is 0.415 e. The number of amides is 3. The summed E-state index contributed by atoms with van der Waals surface area (Å²) in [6, 6.07) is 8.74. The molecule has 3 amide bonds. The van der Waals surface area contributed by atoms with Crippen LogP contribution in [0, 0.1) is 12.3 Å². The second kappa shape index (κ2) is 7.93. The molecule has 1 aromatic rings. The normalized spacial score (nSPS) is 14.7. The molecule has 6 nitrogen and oxygen atoms in total. The van der Waals surface area contributed by atoms with Crippen LogP contribution in [-0.4, -0.2) is 54.6 Å². The summed E-state index contributed by atoms with van der Waals surface area (Å²) in [5.74, 6) is 2.88. The molecule has 1 saturated heterocycles. The molecule has 22 heavy (non-hydrogen) atoms. The number of benzene rings is 1. The van der Waals surface area contributed by atoms with Crippen LogP contribution >= 0.6 is 0 Å². The fourth-order valence-corrected chi connectivity index (χ4v) is 2.20. The molecule has 0 aromatic heterocycles. The average molecular weight is 301 g/mol. The maximum absolute atomic E-state index is 12.1. The third-order valence-corrected chi connectivity index (χ3v) is 3.33. The molecule has 0 saturated carbocycles. The van der Waals surface area contributed by atoms with Gasteiger partial charge in [0.25, 0.3) is 0 Å². The number of carbonyl (C=O) groups excluding carboxylic acids is 2. The first-order valence-corrected chi connectivity index (χ1v) is 7.19. The summed E-state index contributed by atoms with van der Waals surface area (Å²) in [4.78, 5) is 27.3. The zero-order chi connectivity index (χ0) is 15.8. The first-order chi connectivity index (χ1) is 10.7. The zero-order valence-electron chi connectivity index (χ0n) is 12.3. The molecule has 1 heterocycles. The van der Waals surface area contributed by atoms with Gasteiger partial charge in [-0.3, -0.25) is 0 Å². The number of hydrogen-bond donors (Lipinski definition) is 1. The van der Waals surface area contributed by atoms with E-state index >= 15 is 0 Å². The number of nitrogens with zero attached hydrogens (tertiary/aromatic N) is 2. The molecule has 2 rings (SSSR count). The average Bonchev–Trinajstić information content (AvgIpc) is 2.79. The third kappa shape index (κ3) is 4.42. The minimum absolute atomic E-state index is 0.198. The SMILES string of the molecule is C#CCNC(=O)N1CCCN(C(=O)Oc2ccccc2)CC1. The highest BCUT2D eigenvalue weighted by Crippen LogP contribution is 2.12. The van der Waals surface area contributed by atoms with Gasteiger partial charge in [-0.15, -0.1) is 6.42 Å². The molecular weight excluding hydrogens is 282 g/mol. The molecule has 0 bridgehead atoms. The van der Waals surface area contributed by atoms with Crippen LogP contribution in [0.25, 0.3) is 0 Å². The van der Waals surface area contributed by atoms with E-state index < -0.39 is 6.09 Å². The number of rotatable bonds is 2. The van der Waals surface area contributed by atoms with E-state index in [0.29, 0.717) is 38.3 Å². The van der Waals surface area contributed by atoms with Crippen LogP contribution in [0.5, 0.6) is 5.75 Å². The number of urea groups is 1. The molecule has 0 aliphatic carbocycles. The van der Waals surface area contributed by atoms with Gasteiger partial charge in [-0.1, -0.05) is 24.1 Å². The maximum atomic E-state index is 12.1. The first-order valence-electron chi connectivity index (χ1n) is 7.19. The molecule has 116 valence electrons. The van der Waals surface area contributed by atoms with E-state index in [-0.39, 0.29) is 12.6 Å². The van der Waals surface area contributed by atoms with Crippen molar-refractivity contribution in [3.05, 3.63) is 30.3 Å². The molecule has 1 fully saturated rings. The van der Waals surface area contributed by atoms with Crippen molar-refractivity contribution >= 4 is 12.1 Å². The summed E-state index contributed by atoms with van der Waals surface area (Å²) in [5, 5.41) is 2.63. The van der Waals surface area contributed by atoms with Gasteiger partial charge in [-0.25, -0.2) is 9.59 Å². The van der Waals surface area contributed by atoms with E-state index in [0.717, 1.165) is 0 Å². The summed E-state index contributed by atoms with van der Waals surface area (Å²) in [7, 11) is 0. The van der Waals surface area contributed by atoms with E-state index in [2.05, 4.69) is 11.2 Å². The highest BCUT2D eigenvalue weighted by Gasteiger charge is 2.22. The number of terminal acetylenes is 1. The number of hydrogen-bond acceptors (Lipinski definition) is 3. The number of ether oxygens (including phenoxy) is 1. The van der Waals surface area contributed by atoms with Gasteiger partial charge >= 0.3 is 12.1 Å². The van der Waals surface area contributed by atoms with E-state index in [1.54, 1.807) is 21.9 Å². The molecule has 1 aliphatic heterocycles. The summed E-state index contributed by atoms with van der Waals surface area (Å²) in [6.45, 7) is 2.25. The van der Waals surface area contributed by atoms with Crippen molar-refractivity contribution in [2.24, 2.45) is 0 Å². The smallest absolute Gasteiger partial charge is 0.410 e. The molecule has 0 spiro atoms. The van der Waals surface area contributed by atoms with E-state index in [4.69, 9.17) is 11.2 Å². The third-order valence-electron chi connectivity index (χ3n) is 3.33. The van der Waals surface area contributed by atoms with Crippen molar-refractivity contribution in [1.82, 2.24) is 15.1 Å². The second-order valence-corrected chi connectivity index (χ2v) is 4.87. The van der Waals surface area contributed by atoms with E-state index in [9.17, 15) is 9.59 Å². The first kappa shape index (κ1) is 15.7. The minimum Gasteiger partial charge on any atom is -0.410 e. The van der Waals surface area contributed by atoms with Crippen LogP contribution in [0.2, 0.25) is 0 Å². The summed E-state index contributed by atoms with van der Waals surface area (Å²) in [5.41, 5.74) is 0. The molecule has 0 radical (unpaired) electrons. The molecule has 0 unspecified atom stereocenters. The Balaban J connectivity index is 1.86. The fraction of sp³-hybridized carbons (Fsp3) is 0.375. The van der Waals surface area contributed by atoms with Gasteiger partial charge in [-0.2, -0.15) is 0 Å². The summed E-state index contributed by atoms with van der Waals surface area (Å²) < 4.78 is 5.31. The lowest BCUT2D eigenvalue weighted by Gasteiger charge is -2.21. The zero-order valence-corrected chi connectivity index (χ0v) is 12.3. The topological polar surface area (TPSA) is 61.9 Å². The van der Waals surface area contributed by atoms with Gasteiger partial charge in [0.05, 0.1) is 6.54 Å². The minimum atomic E-state index is -0.392. The molecule has 1 aliphatic rings. The van der Waals surface area contributed by atoms with Crippen molar-refractivity contribution < 1.29 is 14.3 Å². The van der Waals surface area contributed by atoms with Crippen LogP contribution in [0.4, 0.5) is 9.59 Å². The molecule has 6 heteroatoms. The number of nitrogens with one attached hydrogen (secondary N) is 1. The maximum Gasteiger partial charge on any atom is 0.415 e. The fourth-order valence-electron chi connectivity index (χ4n) is 2.20. The Bertz CT molecular complexity index is 554. The molecular formula is C16H19N3O3. The number of carbonyl (C=O) groups is 2. The predicted octanol–water partition coefficient (Wildman–Crippen LogP) is 1.54. The van der Waals surface area contributed by atoms with Gasteiger partial charge in [0.1, 0.15) is 5.75 Å². The highest BCUT2D eigenvalue weighted by atomic mass is 16.6. The Morgan fingerprint density at radius 2 is 1.82 bits per heavy atom. The quantitative estimate of drug-likeness (QED) is 0.843. The van der Waals surface area contributed by atoms with E-state index in [1.165, 1.54) is 0 Å². The van der Waals surface area contributed by atoms with E-state index in [1.807, 2.05) is 18.2 Å². The van der Waals surface area contributed by atoms with Crippen LogP contribution in [0.15, 0.2) is 30.3 Å². The predicted molar refractivity (Wildman–Crippen MR) is 82.5 cm³/mol. The lowest BCUT2D eigenvalue weighted by atomic mass is 10.3. The molecule has 0 atom stereocenters. The van der Waals surface area contributed by atoms with Crippen LogP contribution in [-0.2, 0) is 0 Å². The van der Waals surface area contributed by atoms with Crippen molar-refractivity contribution in [2.45, 2.75) is 6.42 Å². The Morgan fingerprint density at radius 3 is 2.55 bits per heavy atom.